The summed E-state index contributed by atoms with van der Waals surface area (Å²) >= 11 is 11.7. The minimum absolute atomic E-state index is 0.0217. The average Bonchev–Trinajstić information content (AvgIpc) is 2.31. The second-order valence-corrected chi connectivity index (χ2v) is 4.87. The number of halogens is 2. The van der Waals surface area contributed by atoms with E-state index in [0.29, 0.717) is 27.7 Å². The first kappa shape index (κ1) is 12.9. The maximum atomic E-state index is 12.1. The molecule has 0 atom stereocenters. The van der Waals surface area contributed by atoms with Crippen molar-refractivity contribution in [2.24, 2.45) is 0 Å². The molecule has 2 rings (SSSR count). The highest BCUT2D eigenvalue weighted by Gasteiger charge is 2.08. The predicted octanol–water partition coefficient (Wildman–Crippen LogP) is 4.00. The van der Waals surface area contributed by atoms with Gasteiger partial charge >= 0.3 is 0 Å². The highest BCUT2D eigenvalue weighted by molar-refractivity contribution is 6.31. The van der Waals surface area contributed by atoms with Crippen LogP contribution in [0.3, 0.4) is 0 Å². The van der Waals surface area contributed by atoms with Gasteiger partial charge in [0.2, 0.25) is 0 Å². The van der Waals surface area contributed by atoms with Crippen LogP contribution in [-0.2, 0) is 6.42 Å². The molecule has 0 radical (unpaired) electrons. The zero-order chi connectivity index (χ0) is 13.1. The summed E-state index contributed by atoms with van der Waals surface area (Å²) in [6.45, 7) is 0. The van der Waals surface area contributed by atoms with Gasteiger partial charge in [0.15, 0.2) is 5.78 Å². The molecule has 0 unspecified atom stereocenters. The van der Waals surface area contributed by atoms with E-state index in [1.165, 1.54) is 0 Å². The number of Topliss-reactive ketones (excluding diaryl/α,β-unsaturated/α-hetero) is 1. The predicted molar refractivity (Wildman–Crippen MR) is 75.4 cm³/mol. The third kappa shape index (κ3) is 3.25. The van der Waals surface area contributed by atoms with Crippen LogP contribution in [0.2, 0.25) is 10.0 Å². The fourth-order valence-electron chi connectivity index (χ4n) is 1.66. The molecule has 0 aromatic heterocycles. The normalized spacial score (nSPS) is 10.3. The van der Waals surface area contributed by atoms with Crippen molar-refractivity contribution in [1.29, 1.82) is 0 Å². The van der Waals surface area contributed by atoms with E-state index in [2.05, 4.69) is 0 Å². The Morgan fingerprint density at radius 1 is 1.00 bits per heavy atom. The highest BCUT2D eigenvalue weighted by Crippen LogP contribution is 2.19. The van der Waals surface area contributed by atoms with Crippen molar-refractivity contribution >= 4 is 34.7 Å². The van der Waals surface area contributed by atoms with Gasteiger partial charge in [-0.25, -0.2) is 0 Å². The lowest BCUT2D eigenvalue weighted by Gasteiger charge is -2.04. The number of nitrogen functional groups attached to an aromatic ring is 1. The number of nitrogens with two attached hydrogens (primary N) is 1. The second kappa shape index (κ2) is 5.42. The molecule has 0 aliphatic heterocycles. The van der Waals surface area contributed by atoms with Crippen LogP contribution in [0.4, 0.5) is 5.69 Å². The van der Waals surface area contributed by atoms with Crippen LogP contribution in [0.5, 0.6) is 0 Å². The minimum Gasteiger partial charge on any atom is -0.399 e. The van der Waals surface area contributed by atoms with Crippen LogP contribution in [0.1, 0.15) is 15.9 Å². The quantitative estimate of drug-likeness (QED) is 0.682. The van der Waals surface area contributed by atoms with Gasteiger partial charge in [0.1, 0.15) is 0 Å². The Bertz CT molecular complexity index is 559. The van der Waals surface area contributed by atoms with E-state index >= 15 is 0 Å². The van der Waals surface area contributed by atoms with Crippen LogP contribution in [0.15, 0.2) is 42.5 Å². The van der Waals surface area contributed by atoms with E-state index in [1.54, 1.807) is 30.3 Å². The van der Waals surface area contributed by atoms with Crippen molar-refractivity contribution in [3.05, 3.63) is 63.6 Å². The zero-order valence-electron chi connectivity index (χ0n) is 9.49. The van der Waals surface area contributed by atoms with Gasteiger partial charge in [-0.3, -0.25) is 4.79 Å². The number of hydrogen-bond acceptors (Lipinski definition) is 2. The largest absolute Gasteiger partial charge is 0.399 e. The Kier molecular flexibility index (Phi) is 3.90. The van der Waals surface area contributed by atoms with Gasteiger partial charge in [0.05, 0.1) is 0 Å². The standard InChI is InChI=1S/C14H11Cl2NO/c15-11-3-1-9(2-4-11)5-14(18)10-6-12(16)8-13(17)7-10/h1-4,6-8H,5,17H2. The van der Waals surface area contributed by atoms with E-state index in [4.69, 9.17) is 28.9 Å². The fraction of sp³-hybridized carbons (Fsp3) is 0.0714. The van der Waals surface area contributed by atoms with Gasteiger partial charge in [-0.2, -0.15) is 0 Å². The number of ketones is 1. The summed E-state index contributed by atoms with van der Waals surface area (Å²) in [6, 6.07) is 12.0. The van der Waals surface area contributed by atoms with Crippen molar-refractivity contribution in [1.82, 2.24) is 0 Å². The molecular formula is C14H11Cl2NO. The van der Waals surface area contributed by atoms with E-state index in [9.17, 15) is 4.79 Å². The first-order valence-corrected chi connectivity index (χ1v) is 6.14. The average molecular weight is 280 g/mol. The molecule has 0 aliphatic rings. The van der Waals surface area contributed by atoms with Crippen molar-refractivity contribution in [3.63, 3.8) is 0 Å². The first-order valence-electron chi connectivity index (χ1n) is 5.38. The molecule has 18 heavy (non-hydrogen) atoms. The number of carbonyl (C=O) groups excluding carboxylic acids is 1. The van der Waals surface area contributed by atoms with E-state index in [0.717, 1.165) is 5.56 Å². The lowest BCUT2D eigenvalue weighted by atomic mass is 10.0. The van der Waals surface area contributed by atoms with Crippen molar-refractivity contribution in [2.45, 2.75) is 6.42 Å². The lowest BCUT2D eigenvalue weighted by Crippen LogP contribution is -2.04. The van der Waals surface area contributed by atoms with E-state index < -0.39 is 0 Å². The third-order valence-corrected chi connectivity index (χ3v) is 2.99. The lowest BCUT2D eigenvalue weighted by molar-refractivity contribution is 0.0993. The molecule has 0 saturated heterocycles. The van der Waals surface area contributed by atoms with Crippen LogP contribution in [0.25, 0.3) is 0 Å². The molecule has 0 fully saturated rings. The van der Waals surface area contributed by atoms with Gasteiger partial charge in [0, 0.05) is 27.7 Å². The molecule has 92 valence electrons. The molecule has 0 heterocycles. The molecule has 2 N–H and O–H groups in total. The van der Waals surface area contributed by atoms with Crippen molar-refractivity contribution in [2.75, 3.05) is 5.73 Å². The van der Waals surface area contributed by atoms with Crippen molar-refractivity contribution < 1.29 is 4.79 Å². The summed E-state index contributed by atoms with van der Waals surface area (Å²) in [7, 11) is 0. The van der Waals surface area contributed by atoms with Crippen LogP contribution < -0.4 is 5.73 Å². The van der Waals surface area contributed by atoms with Gasteiger partial charge in [0.25, 0.3) is 0 Å². The summed E-state index contributed by atoms with van der Waals surface area (Å²) in [5.74, 6) is -0.0217. The van der Waals surface area contributed by atoms with Crippen molar-refractivity contribution in [3.8, 4) is 0 Å². The number of rotatable bonds is 3. The SMILES string of the molecule is Nc1cc(Cl)cc(C(=O)Cc2ccc(Cl)cc2)c1. The molecule has 2 aromatic rings. The molecule has 0 spiro atoms. The number of hydrogen-bond donors (Lipinski definition) is 1. The van der Waals surface area contributed by atoms with E-state index in [-0.39, 0.29) is 5.78 Å². The smallest absolute Gasteiger partial charge is 0.167 e. The molecule has 0 amide bonds. The molecule has 0 aliphatic carbocycles. The maximum absolute atomic E-state index is 12.1. The Morgan fingerprint density at radius 2 is 1.67 bits per heavy atom. The third-order valence-electron chi connectivity index (χ3n) is 2.52. The first-order chi connectivity index (χ1) is 8.54. The van der Waals surface area contributed by atoms with Crippen LogP contribution >= 0.6 is 23.2 Å². The molecule has 0 saturated carbocycles. The summed E-state index contributed by atoms with van der Waals surface area (Å²) in [5.41, 5.74) is 7.57. The fourth-order valence-corrected chi connectivity index (χ4v) is 2.03. The summed E-state index contributed by atoms with van der Waals surface area (Å²) in [5, 5.41) is 1.12. The summed E-state index contributed by atoms with van der Waals surface area (Å²) in [6.07, 6.45) is 0.303. The van der Waals surface area contributed by atoms with Gasteiger partial charge in [-0.15, -0.1) is 0 Å². The minimum atomic E-state index is -0.0217. The second-order valence-electron chi connectivity index (χ2n) is 4.00. The number of benzene rings is 2. The number of anilines is 1. The molecule has 0 bridgehead atoms. The summed E-state index contributed by atoms with van der Waals surface area (Å²) < 4.78 is 0. The number of carbonyl (C=O) groups is 1. The van der Waals surface area contributed by atoms with Gasteiger partial charge in [-0.05, 0) is 35.9 Å². The Morgan fingerprint density at radius 3 is 2.28 bits per heavy atom. The monoisotopic (exact) mass is 279 g/mol. The summed E-state index contributed by atoms with van der Waals surface area (Å²) in [4.78, 5) is 12.1. The Hall–Kier alpha value is -1.51. The molecule has 4 heteroatoms. The van der Waals surface area contributed by atoms with Gasteiger partial charge < -0.3 is 5.73 Å². The van der Waals surface area contributed by atoms with E-state index in [1.807, 2.05) is 12.1 Å². The molecule has 2 nitrogen and oxygen atoms in total. The van der Waals surface area contributed by atoms with Crippen LogP contribution in [-0.4, -0.2) is 5.78 Å². The zero-order valence-corrected chi connectivity index (χ0v) is 11.0. The topological polar surface area (TPSA) is 43.1 Å². The molecule has 2 aromatic carbocycles. The Labute approximate surface area is 115 Å². The van der Waals surface area contributed by atoms with Gasteiger partial charge in [-0.1, -0.05) is 35.3 Å². The molecular weight excluding hydrogens is 269 g/mol. The van der Waals surface area contributed by atoms with Crippen LogP contribution in [0, 0.1) is 0 Å². The maximum Gasteiger partial charge on any atom is 0.167 e. The highest BCUT2D eigenvalue weighted by atomic mass is 35.5. The Balaban J connectivity index is 2.19.